The monoisotopic (exact) mass is 414 g/mol. The molecule has 1 aromatic carbocycles. The summed E-state index contributed by atoms with van der Waals surface area (Å²) in [6, 6.07) is 8.03. The summed E-state index contributed by atoms with van der Waals surface area (Å²) in [6.45, 7) is 9.84. The number of anilines is 1. The maximum absolute atomic E-state index is 12.3. The Morgan fingerprint density at radius 2 is 1.86 bits per heavy atom. The van der Waals surface area contributed by atoms with Crippen molar-refractivity contribution in [2.45, 2.75) is 27.3 Å². The van der Waals surface area contributed by atoms with Crippen LogP contribution in [-0.2, 0) is 11.3 Å². The molecule has 0 saturated carbocycles. The van der Waals surface area contributed by atoms with E-state index in [4.69, 9.17) is 4.74 Å². The van der Waals surface area contributed by atoms with Crippen molar-refractivity contribution in [1.82, 2.24) is 4.57 Å². The van der Waals surface area contributed by atoms with E-state index in [1.165, 1.54) is 3.57 Å². The number of aromatic nitrogens is 1. The van der Waals surface area contributed by atoms with Gasteiger partial charge >= 0.3 is 0 Å². The van der Waals surface area contributed by atoms with Crippen molar-refractivity contribution in [1.29, 1.82) is 0 Å². The van der Waals surface area contributed by atoms with E-state index in [1.807, 2.05) is 31.4 Å². The van der Waals surface area contributed by atoms with Crippen LogP contribution in [0.4, 0.5) is 5.69 Å². The number of hydrogen-bond acceptors (Lipinski definition) is 3. The van der Waals surface area contributed by atoms with Crippen LogP contribution in [0.15, 0.2) is 29.1 Å². The molecular formula is C17H23IN2O2. The molecule has 1 aromatic heterocycles. The number of pyridine rings is 1. The molecule has 1 fully saturated rings. The molecule has 4 nitrogen and oxygen atoms in total. The van der Waals surface area contributed by atoms with Crippen LogP contribution in [0.3, 0.4) is 0 Å². The molecule has 0 amide bonds. The van der Waals surface area contributed by atoms with Crippen molar-refractivity contribution < 1.29 is 4.74 Å². The number of rotatable bonds is 2. The minimum absolute atomic E-state index is 0.0719. The highest BCUT2D eigenvalue weighted by atomic mass is 127. The lowest BCUT2D eigenvalue weighted by atomic mass is 10.1. The maximum atomic E-state index is 12.3. The smallest absolute Gasteiger partial charge is 0.253 e. The van der Waals surface area contributed by atoms with Crippen molar-refractivity contribution >= 4 is 39.2 Å². The highest BCUT2D eigenvalue weighted by Crippen LogP contribution is 2.27. The van der Waals surface area contributed by atoms with Gasteiger partial charge < -0.3 is 14.2 Å². The molecule has 0 spiro atoms. The fourth-order valence-corrected chi connectivity index (χ4v) is 3.22. The number of fused-ring (bicyclic) bond motifs is 1. The summed E-state index contributed by atoms with van der Waals surface area (Å²) in [7, 11) is 0. The molecule has 1 aliphatic rings. The molecule has 0 N–H and O–H groups in total. The minimum atomic E-state index is 0.0719. The molecule has 5 heteroatoms. The second-order valence-electron chi connectivity index (χ2n) is 4.87. The Morgan fingerprint density at radius 3 is 2.50 bits per heavy atom. The zero-order valence-corrected chi connectivity index (χ0v) is 15.6. The fourth-order valence-electron chi connectivity index (χ4n) is 2.73. The van der Waals surface area contributed by atoms with Crippen LogP contribution in [0.25, 0.3) is 10.9 Å². The summed E-state index contributed by atoms with van der Waals surface area (Å²) in [5, 5.41) is 1.15. The summed E-state index contributed by atoms with van der Waals surface area (Å²) in [4.78, 5) is 14.6. The van der Waals surface area contributed by atoms with Crippen LogP contribution in [0.2, 0.25) is 0 Å². The van der Waals surface area contributed by atoms with Crippen LogP contribution in [0.5, 0.6) is 0 Å². The van der Waals surface area contributed by atoms with Gasteiger partial charge in [-0.25, -0.2) is 0 Å². The van der Waals surface area contributed by atoms with Crippen LogP contribution in [0.1, 0.15) is 20.8 Å². The molecule has 0 unspecified atom stereocenters. The lowest BCUT2D eigenvalue weighted by Crippen LogP contribution is -2.37. The summed E-state index contributed by atoms with van der Waals surface area (Å²) in [5.74, 6) is 0. The predicted octanol–water partition coefficient (Wildman–Crippen LogP) is 3.49. The van der Waals surface area contributed by atoms with Crippen LogP contribution >= 0.6 is 22.6 Å². The molecule has 0 aliphatic carbocycles. The zero-order valence-electron chi connectivity index (χ0n) is 13.4. The number of nitrogens with zero attached hydrogens (tertiary/aromatic N) is 2. The standard InChI is InChI=1S/C15H17IN2O2.C2H6/c1-2-18-13-4-3-11(16)9-12(13)14(10-15(18)19)17-5-7-20-8-6-17;1-2/h3-4,9-10H,2,5-8H2,1H3;1-2H3. The third kappa shape index (κ3) is 3.46. The Labute approximate surface area is 145 Å². The molecule has 1 aliphatic heterocycles. The third-order valence-corrected chi connectivity index (χ3v) is 4.39. The van der Waals surface area contributed by atoms with Gasteiger partial charge in [-0.2, -0.15) is 0 Å². The second-order valence-corrected chi connectivity index (χ2v) is 6.12. The number of halogens is 1. The normalized spacial score (nSPS) is 14.6. The topological polar surface area (TPSA) is 34.5 Å². The van der Waals surface area contributed by atoms with E-state index in [2.05, 4.69) is 39.6 Å². The van der Waals surface area contributed by atoms with Gasteiger partial charge in [0.1, 0.15) is 0 Å². The van der Waals surface area contributed by atoms with Crippen LogP contribution in [-0.4, -0.2) is 30.9 Å². The molecule has 3 rings (SSSR count). The number of aryl methyl sites for hydroxylation is 1. The second kappa shape index (κ2) is 7.97. The van der Waals surface area contributed by atoms with E-state index in [9.17, 15) is 4.79 Å². The Hall–Kier alpha value is -1.08. The molecule has 22 heavy (non-hydrogen) atoms. The van der Waals surface area contributed by atoms with Crippen molar-refractivity contribution in [2.75, 3.05) is 31.2 Å². The molecule has 0 bridgehead atoms. The van der Waals surface area contributed by atoms with E-state index in [0.717, 1.165) is 42.9 Å². The van der Waals surface area contributed by atoms with E-state index in [0.29, 0.717) is 6.54 Å². The van der Waals surface area contributed by atoms with Gasteiger partial charge in [-0.3, -0.25) is 4.79 Å². The highest BCUT2D eigenvalue weighted by molar-refractivity contribution is 14.1. The van der Waals surface area contributed by atoms with Gasteiger partial charge in [-0.15, -0.1) is 0 Å². The fraction of sp³-hybridized carbons (Fsp3) is 0.471. The van der Waals surface area contributed by atoms with Crippen molar-refractivity contribution in [3.05, 3.63) is 38.2 Å². The van der Waals surface area contributed by atoms with Gasteiger partial charge in [0, 0.05) is 34.7 Å². The SMILES string of the molecule is CC.CCn1c(=O)cc(N2CCOCC2)c2cc(I)ccc21. The van der Waals surface area contributed by atoms with E-state index >= 15 is 0 Å². The minimum Gasteiger partial charge on any atom is -0.378 e. The van der Waals surface area contributed by atoms with Crippen molar-refractivity contribution in [2.24, 2.45) is 0 Å². The average molecular weight is 414 g/mol. The molecule has 2 heterocycles. The molecule has 0 atom stereocenters. The quantitative estimate of drug-likeness (QED) is 0.706. The number of benzene rings is 1. The van der Waals surface area contributed by atoms with E-state index in [1.54, 1.807) is 6.07 Å². The largest absolute Gasteiger partial charge is 0.378 e. The van der Waals surface area contributed by atoms with Gasteiger partial charge in [-0.1, -0.05) is 13.8 Å². The molecule has 0 radical (unpaired) electrons. The summed E-state index contributed by atoms with van der Waals surface area (Å²) in [6.07, 6.45) is 0. The van der Waals surface area contributed by atoms with Gasteiger partial charge in [0.15, 0.2) is 0 Å². The van der Waals surface area contributed by atoms with Crippen molar-refractivity contribution in [3.8, 4) is 0 Å². The van der Waals surface area contributed by atoms with Crippen LogP contribution in [0, 0.1) is 3.57 Å². The lowest BCUT2D eigenvalue weighted by molar-refractivity contribution is 0.123. The first-order chi connectivity index (χ1) is 10.7. The van der Waals surface area contributed by atoms with Crippen LogP contribution < -0.4 is 10.5 Å². The number of morpholine rings is 1. The zero-order chi connectivity index (χ0) is 16.1. The third-order valence-electron chi connectivity index (χ3n) is 3.72. The van der Waals surface area contributed by atoms with Gasteiger partial charge in [0.2, 0.25) is 0 Å². The molecule has 2 aromatic rings. The average Bonchev–Trinajstić information content (AvgIpc) is 2.57. The Balaban J connectivity index is 0.000000847. The summed E-state index contributed by atoms with van der Waals surface area (Å²) >= 11 is 2.32. The Kier molecular flexibility index (Phi) is 6.26. The molecular weight excluding hydrogens is 391 g/mol. The van der Waals surface area contributed by atoms with E-state index < -0.39 is 0 Å². The first-order valence-corrected chi connectivity index (χ1v) is 8.94. The molecule has 1 saturated heterocycles. The van der Waals surface area contributed by atoms with Gasteiger partial charge in [0.05, 0.1) is 24.4 Å². The first-order valence-electron chi connectivity index (χ1n) is 7.86. The van der Waals surface area contributed by atoms with Gasteiger partial charge in [-0.05, 0) is 47.7 Å². The predicted molar refractivity (Wildman–Crippen MR) is 101 cm³/mol. The van der Waals surface area contributed by atoms with Gasteiger partial charge in [0.25, 0.3) is 5.56 Å². The molecule has 120 valence electrons. The number of hydrogen-bond donors (Lipinski definition) is 0. The maximum Gasteiger partial charge on any atom is 0.253 e. The Bertz CT molecular complexity index is 691. The Morgan fingerprint density at radius 1 is 1.18 bits per heavy atom. The number of ether oxygens (including phenoxy) is 1. The highest BCUT2D eigenvalue weighted by Gasteiger charge is 2.16. The first kappa shape index (κ1) is 17.3. The van der Waals surface area contributed by atoms with E-state index in [-0.39, 0.29) is 5.56 Å². The summed E-state index contributed by atoms with van der Waals surface area (Å²) < 4.78 is 8.42. The van der Waals surface area contributed by atoms with Crippen molar-refractivity contribution in [3.63, 3.8) is 0 Å². The summed E-state index contributed by atoms with van der Waals surface area (Å²) in [5.41, 5.74) is 2.13. The lowest BCUT2D eigenvalue weighted by Gasteiger charge is -2.30.